The molecule has 0 bridgehead atoms. The Morgan fingerprint density at radius 2 is 2.30 bits per heavy atom. The van der Waals surface area contributed by atoms with E-state index in [2.05, 4.69) is 0 Å². The van der Waals surface area contributed by atoms with Gasteiger partial charge in [-0.15, -0.1) is 0 Å². The average Bonchev–Trinajstić information content (AvgIpc) is 1.87. The van der Waals surface area contributed by atoms with Crippen LogP contribution in [0.2, 0.25) is 0 Å². The summed E-state index contributed by atoms with van der Waals surface area (Å²) in [5, 5.41) is 8.48. The molecule has 58 valence electrons. The number of aliphatic hydroxyl groups excluding tert-OH is 1. The predicted molar refractivity (Wildman–Crippen MR) is 39.3 cm³/mol. The van der Waals surface area contributed by atoms with Crippen molar-refractivity contribution >= 4 is 5.91 Å². The Labute approximate surface area is 61.0 Å². The van der Waals surface area contributed by atoms with Gasteiger partial charge in [0.1, 0.15) is 0 Å². The number of aliphatic hydroxyl groups is 1. The summed E-state index contributed by atoms with van der Waals surface area (Å²) < 4.78 is 0. The number of carbonyl (C=O) groups excluding carboxylic acids is 1. The molecule has 0 saturated heterocycles. The molecule has 0 spiro atoms. The first-order chi connectivity index (χ1) is 4.72. The van der Waals surface area contributed by atoms with E-state index in [0.29, 0.717) is 6.54 Å². The van der Waals surface area contributed by atoms with Crippen molar-refractivity contribution in [3.05, 3.63) is 12.3 Å². The first kappa shape index (κ1) is 9.17. The van der Waals surface area contributed by atoms with E-state index in [9.17, 15) is 4.79 Å². The van der Waals surface area contributed by atoms with Gasteiger partial charge in [-0.1, -0.05) is 6.08 Å². The maximum absolute atomic E-state index is 10.7. The standard InChI is InChI=1S/C7H13NO2/c1-3-4-8(5-6-9)7(2)10/h3-4,9H,5-6H2,1-2H3/b4-3-. The Balaban J connectivity index is 3.85. The summed E-state index contributed by atoms with van der Waals surface area (Å²) in [5.74, 6) is -0.0489. The van der Waals surface area contributed by atoms with E-state index in [1.807, 2.05) is 6.92 Å². The van der Waals surface area contributed by atoms with Crippen LogP contribution in [0.5, 0.6) is 0 Å². The Morgan fingerprint density at radius 3 is 2.60 bits per heavy atom. The summed E-state index contributed by atoms with van der Waals surface area (Å²) in [6.45, 7) is 3.67. The van der Waals surface area contributed by atoms with Gasteiger partial charge in [-0.25, -0.2) is 0 Å². The summed E-state index contributed by atoms with van der Waals surface area (Å²) in [6.07, 6.45) is 3.41. The van der Waals surface area contributed by atoms with Gasteiger partial charge < -0.3 is 10.0 Å². The van der Waals surface area contributed by atoms with E-state index in [-0.39, 0.29) is 12.5 Å². The maximum Gasteiger partial charge on any atom is 0.223 e. The van der Waals surface area contributed by atoms with Crippen molar-refractivity contribution in [2.24, 2.45) is 0 Å². The van der Waals surface area contributed by atoms with E-state index >= 15 is 0 Å². The zero-order valence-corrected chi connectivity index (χ0v) is 6.37. The highest BCUT2D eigenvalue weighted by Crippen LogP contribution is 1.89. The molecule has 1 N–H and O–H groups in total. The molecule has 0 atom stereocenters. The third kappa shape index (κ3) is 3.25. The van der Waals surface area contributed by atoms with E-state index in [1.54, 1.807) is 12.3 Å². The van der Waals surface area contributed by atoms with Crippen LogP contribution in [-0.4, -0.2) is 29.1 Å². The molecule has 1 amide bonds. The zero-order chi connectivity index (χ0) is 7.98. The van der Waals surface area contributed by atoms with Crippen molar-refractivity contribution in [2.75, 3.05) is 13.2 Å². The normalized spacial score (nSPS) is 10.3. The van der Waals surface area contributed by atoms with Crippen LogP contribution >= 0.6 is 0 Å². The maximum atomic E-state index is 10.7. The van der Waals surface area contributed by atoms with E-state index in [4.69, 9.17) is 5.11 Å². The molecule has 0 fully saturated rings. The second kappa shape index (κ2) is 4.99. The number of rotatable bonds is 3. The number of amides is 1. The van der Waals surface area contributed by atoms with Gasteiger partial charge in [0.15, 0.2) is 0 Å². The summed E-state index contributed by atoms with van der Waals surface area (Å²) in [7, 11) is 0. The summed E-state index contributed by atoms with van der Waals surface area (Å²) in [5.41, 5.74) is 0. The van der Waals surface area contributed by atoms with E-state index < -0.39 is 0 Å². The highest BCUT2D eigenvalue weighted by molar-refractivity contribution is 5.74. The fourth-order valence-corrected chi connectivity index (χ4v) is 0.625. The minimum absolute atomic E-state index is 0.00389. The van der Waals surface area contributed by atoms with Crippen LogP contribution in [0.3, 0.4) is 0 Å². The number of hydrogen-bond donors (Lipinski definition) is 1. The minimum Gasteiger partial charge on any atom is -0.395 e. The lowest BCUT2D eigenvalue weighted by atomic mass is 10.5. The van der Waals surface area contributed by atoms with Crippen molar-refractivity contribution < 1.29 is 9.90 Å². The third-order valence-corrected chi connectivity index (χ3v) is 1.07. The van der Waals surface area contributed by atoms with Crippen LogP contribution in [0.4, 0.5) is 0 Å². The molecule has 0 aromatic heterocycles. The van der Waals surface area contributed by atoms with Crippen LogP contribution in [-0.2, 0) is 4.79 Å². The molecule has 0 aliphatic carbocycles. The highest BCUT2D eigenvalue weighted by Gasteiger charge is 2.00. The van der Waals surface area contributed by atoms with Crippen LogP contribution in [0.25, 0.3) is 0 Å². The molecule has 0 aromatic rings. The van der Waals surface area contributed by atoms with Crippen molar-refractivity contribution in [2.45, 2.75) is 13.8 Å². The van der Waals surface area contributed by atoms with Gasteiger partial charge in [0, 0.05) is 19.7 Å². The minimum atomic E-state index is -0.0489. The lowest BCUT2D eigenvalue weighted by Gasteiger charge is -2.13. The van der Waals surface area contributed by atoms with Crippen LogP contribution in [0.15, 0.2) is 12.3 Å². The number of nitrogens with zero attached hydrogens (tertiary/aromatic N) is 1. The second-order valence-electron chi connectivity index (χ2n) is 1.92. The topological polar surface area (TPSA) is 40.5 Å². The molecule has 10 heavy (non-hydrogen) atoms. The quantitative estimate of drug-likeness (QED) is 0.619. The average molecular weight is 143 g/mol. The molecule has 0 aromatic carbocycles. The fraction of sp³-hybridized carbons (Fsp3) is 0.571. The molecule has 0 saturated carbocycles. The molecule has 0 heterocycles. The fourth-order valence-electron chi connectivity index (χ4n) is 0.625. The number of allylic oxidation sites excluding steroid dienone is 1. The number of carbonyl (C=O) groups is 1. The van der Waals surface area contributed by atoms with Crippen molar-refractivity contribution in [1.29, 1.82) is 0 Å². The molecule has 0 unspecified atom stereocenters. The van der Waals surface area contributed by atoms with E-state index in [0.717, 1.165) is 0 Å². The van der Waals surface area contributed by atoms with Crippen molar-refractivity contribution in [3.8, 4) is 0 Å². The van der Waals surface area contributed by atoms with Gasteiger partial charge in [0.05, 0.1) is 6.61 Å². The smallest absolute Gasteiger partial charge is 0.223 e. The molecule has 0 rings (SSSR count). The molecular weight excluding hydrogens is 130 g/mol. The predicted octanol–water partition coefficient (Wildman–Crippen LogP) is 0.361. The Hall–Kier alpha value is -0.830. The summed E-state index contributed by atoms with van der Waals surface area (Å²) in [4.78, 5) is 12.1. The zero-order valence-electron chi connectivity index (χ0n) is 6.37. The third-order valence-electron chi connectivity index (χ3n) is 1.07. The first-order valence-electron chi connectivity index (χ1n) is 3.23. The van der Waals surface area contributed by atoms with Crippen molar-refractivity contribution in [3.63, 3.8) is 0 Å². The Morgan fingerprint density at radius 1 is 1.70 bits per heavy atom. The first-order valence-corrected chi connectivity index (χ1v) is 3.23. The second-order valence-corrected chi connectivity index (χ2v) is 1.92. The van der Waals surface area contributed by atoms with Gasteiger partial charge in [-0.05, 0) is 6.92 Å². The lowest BCUT2D eigenvalue weighted by molar-refractivity contribution is -0.126. The van der Waals surface area contributed by atoms with Crippen molar-refractivity contribution in [1.82, 2.24) is 4.90 Å². The van der Waals surface area contributed by atoms with Crippen LogP contribution in [0.1, 0.15) is 13.8 Å². The van der Waals surface area contributed by atoms with Gasteiger partial charge >= 0.3 is 0 Å². The molecule has 3 heteroatoms. The molecule has 3 nitrogen and oxygen atoms in total. The summed E-state index contributed by atoms with van der Waals surface area (Å²) in [6, 6.07) is 0. The molecule has 0 radical (unpaired) electrons. The Kier molecular flexibility index (Phi) is 4.58. The molecule has 0 aliphatic heterocycles. The monoisotopic (exact) mass is 143 g/mol. The lowest BCUT2D eigenvalue weighted by Crippen LogP contribution is -2.25. The van der Waals surface area contributed by atoms with Gasteiger partial charge in [0.25, 0.3) is 0 Å². The Bertz CT molecular complexity index is 132. The van der Waals surface area contributed by atoms with Crippen LogP contribution in [0, 0.1) is 0 Å². The van der Waals surface area contributed by atoms with Gasteiger partial charge in [0.2, 0.25) is 5.91 Å². The number of hydrogen-bond acceptors (Lipinski definition) is 2. The summed E-state index contributed by atoms with van der Waals surface area (Å²) >= 11 is 0. The highest BCUT2D eigenvalue weighted by atomic mass is 16.3. The largest absolute Gasteiger partial charge is 0.395 e. The van der Waals surface area contributed by atoms with Gasteiger partial charge in [-0.3, -0.25) is 4.79 Å². The molecule has 0 aliphatic rings. The van der Waals surface area contributed by atoms with E-state index in [1.165, 1.54) is 11.8 Å². The molecular formula is C7H13NO2. The van der Waals surface area contributed by atoms with Crippen LogP contribution < -0.4 is 0 Å². The SMILES string of the molecule is C/C=C\N(CCO)C(C)=O. The van der Waals surface area contributed by atoms with Gasteiger partial charge in [-0.2, -0.15) is 0 Å².